The molecule has 0 aromatic heterocycles. The van der Waals surface area contributed by atoms with Gasteiger partial charge in [0, 0.05) is 22.3 Å². The molecular weight excluding hydrogens is 272 g/mol. The zero-order valence-corrected chi connectivity index (χ0v) is 12.1. The van der Waals surface area contributed by atoms with Gasteiger partial charge in [-0.3, -0.25) is 0 Å². The van der Waals surface area contributed by atoms with Crippen molar-refractivity contribution in [1.29, 1.82) is 0 Å². The monoisotopic (exact) mass is 290 g/mol. The van der Waals surface area contributed by atoms with Gasteiger partial charge in [-0.15, -0.1) is 0 Å². The molecule has 0 heterocycles. The molecule has 3 aromatic rings. The maximum atomic E-state index is 6.31. The molecule has 0 radical (unpaired) electrons. The summed E-state index contributed by atoms with van der Waals surface area (Å²) in [6.45, 7) is 0. The maximum Gasteiger partial charge on any atom is 0.0633 e. The van der Waals surface area contributed by atoms with Crippen LogP contribution >= 0.6 is 0 Å². The molecule has 0 atom stereocenters. The summed E-state index contributed by atoms with van der Waals surface area (Å²) in [4.78, 5) is 0. The lowest BCUT2D eigenvalue weighted by Crippen LogP contribution is -2.08. The number of anilines is 2. The molecule has 0 aliphatic carbocycles. The van der Waals surface area contributed by atoms with Gasteiger partial charge in [-0.1, -0.05) is 42.5 Å². The Morgan fingerprint density at radius 1 is 0.636 bits per heavy atom. The summed E-state index contributed by atoms with van der Waals surface area (Å²) in [6, 6.07) is 18.9. The maximum absolute atomic E-state index is 6.31. The van der Waals surface area contributed by atoms with Crippen LogP contribution in [0.3, 0.4) is 0 Å². The lowest BCUT2D eigenvalue weighted by Gasteiger charge is -2.12. The van der Waals surface area contributed by atoms with Gasteiger partial charge in [0.15, 0.2) is 0 Å². The first-order valence-electron chi connectivity index (χ1n) is 6.96. The van der Waals surface area contributed by atoms with E-state index in [1.807, 2.05) is 48.5 Å². The number of benzene rings is 3. The molecule has 0 spiro atoms. The Morgan fingerprint density at radius 2 is 1.27 bits per heavy atom. The fraction of sp³-hybridized carbons (Fsp3) is 0. The zero-order valence-electron chi connectivity index (χ0n) is 12.1. The van der Waals surface area contributed by atoms with Gasteiger partial charge in [-0.25, -0.2) is 0 Å². The number of fused-ring (bicyclic) bond motifs is 1. The Bertz CT molecular complexity index is 864. The van der Waals surface area contributed by atoms with Crippen LogP contribution < -0.4 is 22.9 Å². The highest BCUT2D eigenvalue weighted by Crippen LogP contribution is 2.29. The van der Waals surface area contributed by atoms with Crippen LogP contribution in [0.15, 0.2) is 60.7 Å². The fourth-order valence-corrected chi connectivity index (χ4v) is 2.52. The number of nitrogens with two attached hydrogens (primary N) is 4. The first-order chi connectivity index (χ1) is 10.6. The number of hydrogen-bond acceptors (Lipinski definition) is 4. The molecule has 0 fully saturated rings. The van der Waals surface area contributed by atoms with Gasteiger partial charge in [0.25, 0.3) is 0 Å². The normalized spacial score (nSPS) is 12.2. The molecule has 3 aromatic carbocycles. The molecule has 0 aliphatic heterocycles. The van der Waals surface area contributed by atoms with Crippen molar-refractivity contribution < 1.29 is 0 Å². The minimum atomic E-state index is 0.523. The Labute approximate surface area is 129 Å². The number of rotatable bonds is 2. The van der Waals surface area contributed by atoms with E-state index in [1.165, 1.54) is 0 Å². The number of hydrogen-bond donors (Lipinski definition) is 4. The van der Waals surface area contributed by atoms with Gasteiger partial charge in [-0.2, -0.15) is 0 Å². The molecule has 3 rings (SSSR count). The standard InChI is InChI=1S/C18H18N4/c19-12-7-5-11(6-8-12)17(21)18(22)15-9-10-16(20)14-4-2-1-3-13(14)15/h1-10H,19-22H2/b18-17+. The first kappa shape index (κ1) is 13.8. The lowest BCUT2D eigenvalue weighted by atomic mass is 9.98. The summed E-state index contributed by atoms with van der Waals surface area (Å²) in [6.07, 6.45) is 0. The molecular formula is C18H18N4. The van der Waals surface area contributed by atoms with Crippen LogP contribution in [0.5, 0.6) is 0 Å². The molecule has 4 heteroatoms. The average molecular weight is 290 g/mol. The molecule has 8 N–H and O–H groups in total. The first-order valence-corrected chi connectivity index (χ1v) is 6.96. The van der Waals surface area contributed by atoms with Crippen LogP contribution in [-0.2, 0) is 0 Å². The highest BCUT2D eigenvalue weighted by Gasteiger charge is 2.10. The van der Waals surface area contributed by atoms with E-state index in [4.69, 9.17) is 22.9 Å². The van der Waals surface area contributed by atoms with E-state index in [1.54, 1.807) is 12.1 Å². The smallest absolute Gasteiger partial charge is 0.0633 e. The van der Waals surface area contributed by atoms with Crippen LogP contribution in [-0.4, -0.2) is 0 Å². The van der Waals surface area contributed by atoms with Gasteiger partial charge in [0.2, 0.25) is 0 Å². The van der Waals surface area contributed by atoms with Crippen LogP contribution in [0.25, 0.3) is 22.2 Å². The SMILES string of the molecule is N/C(=C(/N)c1ccc(N)c2ccccc12)c1ccc(N)cc1. The van der Waals surface area contributed by atoms with Crippen molar-refractivity contribution in [2.75, 3.05) is 11.5 Å². The second-order valence-electron chi connectivity index (χ2n) is 5.20. The largest absolute Gasteiger partial charge is 0.399 e. The quantitative estimate of drug-likeness (QED) is 0.430. The Balaban J connectivity index is 2.20. The third-order valence-electron chi connectivity index (χ3n) is 3.76. The minimum absolute atomic E-state index is 0.523. The summed E-state index contributed by atoms with van der Waals surface area (Å²) < 4.78 is 0. The topological polar surface area (TPSA) is 104 Å². The van der Waals surface area contributed by atoms with Crippen molar-refractivity contribution in [3.8, 4) is 0 Å². The van der Waals surface area contributed by atoms with E-state index in [9.17, 15) is 0 Å². The molecule has 0 saturated carbocycles. The summed E-state index contributed by atoms with van der Waals surface area (Å²) >= 11 is 0. The van der Waals surface area contributed by atoms with Crippen LogP contribution in [0, 0.1) is 0 Å². The molecule has 0 amide bonds. The molecule has 0 saturated heterocycles. The third kappa shape index (κ3) is 2.31. The Morgan fingerprint density at radius 3 is 1.95 bits per heavy atom. The van der Waals surface area contributed by atoms with Crippen molar-refractivity contribution in [3.05, 3.63) is 71.8 Å². The van der Waals surface area contributed by atoms with E-state index in [0.29, 0.717) is 17.1 Å². The summed E-state index contributed by atoms with van der Waals surface area (Å²) in [5, 5.41) is 1.95. The fourth-order valence-electron chi connectivity index (χ4n) is 2.52. The third-order valence-corrected chi connectivity index (χ3v) is 3.76. The van der Waals surface area contributed by atoms with Gasteiger partial charge in [0.05, 0.1) is 11.4 Å². The molecule has 110 valence electrons. The van der Waals surface area contributed by atoms with E-state index in [-0.39, 0.29) is 0 Å². The summed E-state index contributed by atoms with van der Waals surface area (Å²) in [5.41, 5.74) is 28.4. The molecule has 0 unspecified atom stereocenters. The van der Waals surface area contributed by atoms with E-state index in [2.05, 4.69) is 0 Å². The lowest BCUT2D eigenvalue weighted by molar-refractivity contribution is 1.46. The summed E-state index contributed by atoms with van der Waals surface area (Å²) in [5.74, 6) is 0. The highest BCUT2D eigenvalue weighted by atomic mass is 14.7. The van der Waals surface area contributed by atoms with Crippen molar-refractivity contribution in [2.45, 2.75) is 0 Å². The van der Waals surface area contributed by atoms with E-state index < -0.39 is 0 Å². The summed E-state index contributed by atoms with van der Waals surface area (Å²) in [7, 11) is 0. The zero-order chi connectivity index (χ0) is 15.7. The predicted octanol–water partition coefficient (Wildman–Crippen LogP) is 2.75. The van der Waals surface area contributed by atoms with E-state index in [0.717, 1.165) is 27.6 Å². The van der Waals surface area contributed by atoms with Crippen molar-refractivity contribution in [3.63, 3.8) is 0 Å². The van der Waals surface area contributed by atoms with Crippen molar-refractivity contribution in [1.82, 2.24) is 0 Å². The van der Waals surface area contributed by atoms with Gasteiger partial charge < -0.3 is 22.9 Å². The highest BCUT2D eigenvalue weighted by molar-refractivity contribution is 6.03. The Hall–Kier alpha value is -3.14. The van der Waals surface area contributed by atoms with Gasteiger partial charge in [0.1, 0.15) is 0 Å². The number of nitrogen functional groups attached to an aromatic ring is 2. The van der Waals surface area contributed by atoms with Crippen LogP contribution in [0.4, 0.5) is 11.4 Å². The minimum Gasteiger partial charge on any atom is -0.399 e. The van der Waals surface area contributed by atoms with E-state index >= 15 is 0 Å². The van der Waals surface area contributed by atoms with Crippen LogP contribution in [0.2, 0.25) is 0 Å². The predicted molar refractivity (Wildman–Crippen MR) is 94.4 cm³/mol. The molecule has 4 nitrogen and oxygen atoms in total. The molecule has 22 heavy (non-hydrogen) atoms. The van der Waals surface area contributed by atoms with Gasteiger partial charge in [-0.05, 0) is 29.1 Å². The average Bonchev–Trinajstić information content (AvgIpc) is 2.55. The molecule has 0 aliphatic rings. The second kappa shape index (κ2) is 5.33. The van der Waals surface area contributed by atoms with Crippen molar-refractivity contribution >= 4 is 33.5 Å². The van der Waals surface area contributed by atoms with Crippen molar-refractivity contribution in [2.24, 2.45) is 11.5 Å². The molecule has 0 bridgehead atoms. The Kier molecular flexibility index (Phi) is 3.35. The second-order valence-corrected chi connectivity index (χ2v) is 5.20. The van der Waals surface area contributed by atoms with Crippen LogP contribution in [0.1, 0.15) is 11.1 Å². The van der Waals surface area contributed by atoms with Gasteiger partial charge >= 0.3 is 0 Å².